The third kappa shape index (κ3) is 6.76. The molecule has 1 amide bonds. The van der Waals surface area contributed by atoms with Crippen LogP contribution in [0.5, 0.6) is 0 Å². The number of sulfonamides is 1. The fourth-order valence-electron chi connectivity index (χ4n) is 1.16. The van der Waals surface area contributed by atoms with Crippen molar-refractivity contribution >= 4 is 15.9 Å². The van der Waals surface area contributed by atoms with Gasteiger partial charge in [-0.1, -0.05) is 13.8 Å². The van der Waals surface area contributed by atoms with E-state index >= 15 is 0 Å². The molecule has 0 bridgehead atoms. The zero-order valence-corrected chi connectivity index (χ0v) is 10.8. The second-order valence-electron chi connectivity index (χ2n) is 4.05. The molecule has 96 valence electrons. The number of rotatable bonds is 7. The van der Waals surface area contributed by atoms with E-state index in [4.69, 9.17) is 5.73 Å². The first-order valence-corrected chi connectivity index (χ1v) is 6.88. The number of carbonyl (C=O) groups excluding carboxylic acids is 1. The van der Waals surface area contributed by atoms with Crippen molar-refractivity contribution in [1.29, 1.82) is 0 Å². The quantitative estimate of drug-likeness (QED) is 0.541. The minimum atomic E-state index is -3.27. The number of hydrogen-bond acceptors (Lipinski definition) is 4. The van der Waals surface area contributed by atoms with Crippen LogP contribution in [-0.2, 0) is 14.8 Å². The summed E-state index contributed by atoms with van der Waals surface area (Å²) in [5.74, 6) is -0.106. The molecule has 0 rings (SSSR count). The maximum Gasteiger partial charge on any atom is 0.236 e. The molecule has 0 radical (unpaired) electrons. The molecule has 0 unspecified atom stereocenters. The number of nitrogens with two attached hydrogens (primary N) is 1. The van der Waals surface area contributed by atoms with Gasteiger partial charge in [-0.3, -0.25) is 4.79 Å². The van der Waals surface area contributed by atoms with Crippen molar-refractivity contribution in [3.8, 4) is 0 Å². The van der Waals surface area contributed by atoms with Gasteiger partial charge in [0, 0.05) is 6.54 Å². The highest BCUT2D eigenvalue weighted by Gasteiger charge is 2.15. The lowest BCUT2D eigenvalue weighted by molar-refractivity contribution is -0.122. The van der Waals surface area contributed by atoms with Gasteiger partial charge in [-0.2, -0.15) is 0 Å². The van der Waals surface area contributed by atoms with Crippen LogP contribution in [0.25, 0.3) is 0 Å². The summed E-state index contributed by atoms with van der Waals surface area (Å²) in [6, 6.07) is -0.572. The monoisotopic (exact) mass is 251 g/mol. The molecule has 1 atom stereocenters. The third-order valence-corrected chi connectivity index (χ3v) is 3.41. The Bertz CT molecular complexity index is 314. The molecule has 0 aliphatic heterocycles. The second-order valence-corrected chi connectivity index (χ2v) is 6.10. The summed E-state index contributed by atoms with van der Waals surface area (Å²) < 4.78 is 24.2. The van der Waals surface area contributed by atoms with Crippen molar-refractivity contribution in [3.63, 3.8) is 0 Å². The molecule has 0 saturated heterocycles. The SMILES string of the molecule is CNS(=O)(=O)CCNC(=O)[C@H](N)CC(C)C. The van der Waals surface area contributed by atoms with E-state index in [2.05, 4.69) is 10.0 Å². The number of carbonyl (C=O) groups is 1. The normalized spacial score (nSPS) is 13.8. The molecular formula is C9H21N3O3S. The van der Waals surface area contributed by atoms with Gasteiger partial charge in [0.15, 0.2) is 0 Å². The fraction of sp³-hybridized carbons (Fsp3) is 0.889. The Labute approximate surface area is 97.0 Å². The minimum Gasteiger partial charge on any atom is -0.354 e. The second kappa shape index (κ2) is 6.82. The van der Waals surface area contributed by atoms with E-state index in [-0.39, 0.29) is 18.2 Å². The van der Waals surface area contributed by atoms with Crippen LogP contribution in [0, 0.1) is 5.92 Å². The Balaban J connectivity index is 3.90. The minimum absolute atomic E-state index is 0.0772. The number of amides is 1. The summed E-state index contributed by atoms with van der Waals surface area (Å²) in [4.78, 5) is 11.4. The molecule has 0 aromatic carbocycles. The van der Waals surface area contributed by atoms with Crippen LogP contribution in [0.1, 0.15) is 20.3 Å². The predicted molar refractivity (Wildman–Crippen MR) is 63.3 cm³/mol. The van der Waals surface area contributed by atoms with Crippen LogP contribution in [0.15, 0.2) is 0 Å². The smallest absolute Gasteiger partial charge is 0.236 e. The van der Waals surface area contributed by atoms with Crippen LogP contribution in [0.3, 0.4) is 0 Å². The van der Waals surface area contributed by atoms with Crippen LogP contribution in [0.4, 0.5) is 0 Å². The van der Waals surface area contributed by atoms with Crippen molar-refractivity contribution in [2.75, 3.05) is 19.3 Å². The average molecular weight is 251 g/mol. The van der Waals surface area contributed by atoms with Crippen molar-refractivity contribution in [2.45, 2.75) is 26.3 Å². The van der Waals surface area contributed by atoms with Gasteiger partial charge in [0.25, 0.3) is 0 Å². The number of hydrogen-bond donors (Lipinski definition) is 3. The molecule has 6 nitrogen and oxygen atoms in total. The van der Waals surface area contributed by atoms with Crippen LogP contribution >= 0.6 is 0 Å². The van der Waals surface area contributed by atoms with E-state index in [0.717, 1.165) is 0 Å². The molecule has 7 heteroatoms. The Morgan fingerprint density at radius 2 is 1.94 bits per heavy atom. The summed E-state index contributed by atoms with van der Waals surface area (Å²) in [6.07, 6.45) is 0.588. The van der Waals surface area contributed by atoms with Gasteiger partial charge in [-0.25, -0.2) is 13.1 Å². The molecule has 4 N–H and O–H groups in total. The summed E-state index contributed by atoms with van der Waals surface area (Å²) in [6.45, 7) is 4.02. The van der Waals surface area contributed by atoms with E-state index in [1.165, 1.54) is 7.05 Å². The number of nitrogens with one attached hydrogen (secondary N) is 2. The summed E-state index contributed by atoms with van der Waals surface area (Å²) in [5.41, 5.74) is 5.62. The van der Waals surface area contributed by atoms with E-state index in [1.54, 1.807) is 0 Å². The standard InChI is InChI=1S/C9H21N3O3S/c1-7(2)6-8(10)9(13)12-4-5-16(14,15)11-3/h7-8,11H,4-6,10H2,1-3H3,(H,12,13)/t8-/m1/s1. The lowest BCUT2D eigenvalue weighted by Gasteiger charge is -2.13. The highest BCUT2D eigenvalue weighted by molar-refractivity contribution is 7.89. The van der Waals surface area contributed by atoms with Gasteiger partial charge in [0.1, 0.15) is 0 Å². The van der Waals surface area contributed by atoms with Crippen LogP contribution in [0.2, 0.25) is 0 Å². The van der Waals surface area contributed by atoms with Gasteiger partial charge in [-0.15, -0.1) is 0 Å². The Morgan fingerprint density at radius 3 is 2.38 bits per heavy atom. The van der Waals surface area contributed by atoms with Crippen LogP contribution < -0.4 is 15.8 Å². The lowest BCUT2D eigenvalue weighted by atomic mass is 10.0. The van der Waals surface area contributed by atoms with Crippen molar-refractivity contribution in [1.82, 2.24) is 10.0 Å². The van der Waals surface area contributed by atoms with Crippen LogP contribution in [-0.4, -0.2) is 39.7 Å². The first kappa shape index (κ1) is 15.3. The van der Waals surface area contributed by atoms with Crippen molar-refractivity contribution in [3.05, 3.63) is 0 Å². The zero-order chi connectivity index (χ0) is 12.8. The summed E-state index contributed by atoms with van der Waals surface area (Å²) >= 11 is 0. The average Bonchev–Trinajstić information content (AvgIpc) is 2.16. The lowest BCUT2D eigenvalue weighted by Crippen LogP contribution is -2.43. The largest absolute Gasteiger partial charge is 0.354 e. The molecule has 0 aliphatic carbocycles. The predicted octanol–water partition coefficient (Wildman–Crippen LogP) is -0.975. The Morgan fingerprint density at radius 1 is 1.38 bits per heavy atom. The first-order valence-electron chi connectivity index (χ1n) is 5.23. The molecule has 0 aromatic rings. The molecule has 0 saturated carbocycles. The summed E-state index contributed by atoms with van der Waals surface area (Å²) in [5, 5.41) is 2.50. The topological polar surface area (TPSA) is 101 Å². The van der Waals surface area contributed by atoms with Gasteiger partial charge in [0.2, 0.25) is 15.9 Å². The maximum absolute atomic E-state index is 11.4. The van der Waals surface area contributed by atoms with Crippen molar-refractivity contribution in [2.24, 2.45) is 11.7 Å². The molecule has 0 aromatic heterocycles. The molecule has 0 spiro atoms. The van der Waals surface area contributed by atoms with Gasteiger partial charge < -0.3 is 11.1 Å². The first-order chi connectivity index (χ1) is 7.28. The Hall–Kier alpha value is -0.660. The maximum atomic E-state index is 11.4. The van der Waals surface area contributed by atoms with Crippen molar-refractivity contribution < 1.29 is 13.2 Å². The molecular weight excluding hydrogens is 230 g/mol. The van der Waals surface area contributed by atoms with Gasteiger partial charge in [-0.05, 0) is 19.4 Å². The van der Waals surface area contributed by atoms with E-state index in [1.807, 2.05) is 13.8 Å². The fourth-order valence-corrected chi connectivity index (χ4v) is 1.73. The van der Waals surface area contributed by atoms with E-state index in [9.17, 15) is 13.2 Å². The molecule has 0 heterocycles. The molecule has 16 heavy (non-hydrogen) atoms. The third-order valence-electron chi connectivity index (χ3n) is 2.04. The van der Waals surface area contributed by atoms with Gasteiger partial charge in [0.05, 0.1) is 11.8 Å². The molecule has 0 fully saturated rings. The Kier molecular flexibility index (Phi) is 6.54. The zero-order valence-electron chi connectivity index (χ0n) is 9.99. The highest BCUT2D eigenvalue weighted by Crippen LogP contribution is 2.02. The summed E-state index contributed by atoms with van der Waals surface area (Å²) in [7, 11) is -1.93. The highest BCUT2D eigenvalue weighted by atomic mass is 32.2. The molecule has 0 aliphatic rings. The van der Waals surface area contributed by atoms with Gasteiger partial charge >= 0.3 is 0 Å². The van der Waals surface area contributed by atoms with E-state index in [0.29, 0.717) is 12.3 Å². The van der Waals surface area contributed by atoms with E-state index < -0.39 is 16.1 Å².